The van der Waals surface area contributed by atoms with Crippen LogP contribution in [0.5, 0.6) is 0 Å². The van der Waals surface area contributed by atoms with E-state index in [4.69, 9.17) is 0 Å². The highest BCUT2D eigenvalue weighted by molar-refractivity contribution is 7.15. The fourth-order valence-corrected chi connectivity index (χ4v) is 4.59. The van der Waals surface area contributed by atoms with Crippen LogP contribution in [0, 0.1) is 5.82 Å². The van der Waals surface area contributed by atoms with Crippen LogP contribution >= 0.6 is 11.3 Å². The van der Waals surface area contributed by atoms with Crippen LogP contribution in [0.3, 0.4) is 0 Å². The number of thiazole rings is 1. The third-order valence-electron chi connectivity index (χ3n) is 5.63. The van der Waals surface area contributed by atoms with Crippen LogP contribution in [-0.4, -0.2) is 21.8 Å². The van der Waals surface area contributed by atoms with E-state index in [1.54, 1.807) is 11.3 Å². The second-order valence-corrected chi connectivity index (χ2v) is 8.45. The number of carbonyl (C=O) groups excluding carboxylic acids is 1. The van der Waals surface area contributed by atoms with E-state index < -0.39 is 0 Å². The van der Waals surface area contributed by atoms with Crippen molar-refractivity contribution in [2.75, 3.05) is 6.54 Å². The Morgan fingerprint density at radius 3 is 2.62 bits per heavy atom. The van der Waals surface area contributed by atoms with E-state index >= 15 is 0 Å². The number of carbonyl (C=O) groups is 1. The van der Waals surface area contributed by atoms with Gasteiger partial charge in [0.2, 0.25) is 5.91 Å². The van der Waals surface area contributed by atoms with E-state index in [-0.39, 0.29) is 17.1 Å². The number of hydrogen-bond acceptors (Lipinski definition) is 3. The molecule has 0 saturated heterocycles. The number of aromatic nitrogens is 2. The van der Waals surface area contributed by atoms with Gasteiger partial charge in [-0.3, -0.25) is 9.20 Å². The van der Waals surface area contributed by atoms with Crippen molar-refractivity contribution in [3.8, 4) is 11.3 Å². The van der Waals surface area contributed by atoms with Crippen LogP contribution in [0.15, 0.2) is 66.2 Å². The number of benzene rings is 2. The van der Waals surface area contributed by atoms with Crippen molar-refractivity contribution in [1.29, 1.82) is 0 Å². The highest BCUT2D eigenvalue weighted by atomic mass is 32.1. The Labute approximate surface area is 172 Å². The van der Waals surface area contributed by atoms with Crippen molar-refractivity contribution in [2.45, 2.75) is 24.7 Å². The first-order chi connectivity index (χ1) is 14.1. The molecule has 6 heteroatoms. The summed E-state index contributed by atoms with van der Waals surface area (Å²) in [5, 5.41) is 5.07. The molecule has 4 aromatic rings. The average Bonchev–Trinajstić information content (AvgIpc) is 3.27. The van der Waals surface area contributed by atoms with Gasteiger partial charge in [-0.2, -0.15) is 0 Å². The lowest BCUT2D eigenvalue weighted by molar-refractivity contribution is -0.120. The maximum absolute atomic E-state index is 13.2. The van der Waals surface area contributed by atoms with Gasteiger partial charge in [0.25, 0.3) is 0 Å². The fourth-order valence-electron chi connectivity index (χ4n) is 3.72. The lowest BCUT2D eigenvalue weighted by Crippen LogP contribution is -2.33. The molecule has 0 spiro atoms. The molecule has 1 N–H and O–H groups in total. The molecule has 4 nitrogen and oxygen atoms in total. The van der Waals surface area contributed by atoms with Gasteiger partial charge in [0.15, 0.2) is 4.96 Å². The van der Waals surface area contributed by atoms with Gasteiger partial charge in [-0.25, -0.2) is 9.37 Å². The molecule has 1 aliphatic carbocycles. The van der Waals surface area contributed by atoms with E-state index in [0.717, 1.165) is 40.3 Å². The summed E-state index contributed by atoms with van der Waals surface area (Å²) in [4.78, 5) is 18.1. The van der Waals surface area contributed by atoms with Crippen LogP contribution < -0.4 is 5.32 Å². The summed E-state index contributed by atoms with van der Waals surface area (Å²) in [6.45, 7) is 0.587. The number of hydrogen-bond donors (Lipinski definition) is 1. The lowest BCUT2D eigenvalue weighted by atomic mass is 9.96. The van der Waals surface area contributed by atoms with Crippen LogP contribution in [-0.2, 0) is 16.6 Å². The number of fused-ring (bicyclic) bond motifs is 1. The molecule has 0 bridgehead atoms. The zero-order valence-electron chi connectivity index (χ0n) is 15.8. The monoisotopic (exact) mass is 405 g/mol. The molecule has 1 saturated carbocycles. The molecule has 1 amide bonds. The fraction of sp³-hybridized carbons (Fsp3) is 0.217. The highest BCUT2D eigenvalue weighted by Crippen LogP contribution is 2.47. The summed E-state index contributed by atoms with van der Waals surface area (Å²) >= 11 is 1.54. The normalized spacial score (nSPS) is 14.8. The smallest absolute Gasteiger partial charge is 0.226 e. The Bertz CT molecular complexity index is 1160. The van der Waals surface area contributed by atoms with E-state index in [9.17, 15) is 9.18 Å². The Morgan fingerprint density at radius 2 is 1.90 bits per heavy atom. The van der Waals surface area contributed by atoms with Gasteiger partial charge >= 0.3 is 0 Å². The van der Waals surface area contributed by atoms with Crippen molar-refractivity contribution in [3.63, 3.8) is 0 Å². The molecule has 2 aromatic carbocycles. The van der Waals surface area contributed by atoms with E-state index in [1.807, 2.05) is 58.4 Å². The molecule has 0 radical (unpaired) electrons. The molecule has 0 atom stereocenters. The summed E-state index contributed by atoms with van der Waals surface area (Å²) in [5.74, 6) is -0.238. The molecule has 2 heterocycles. The van der Waals surface area contributed by atoms with Gasteiger partial charge in [-0.05, 0) is 30.5 Å². The van der Waals surface area contributed by atoms with Crippen molar-refractivity contribution < 1.29 is 9.18 Å². The molecule has 146 valence electrons. The lowest BCUT2D eigenvalue weighted by Gasteiger charge is -2.16. The predicted octanol–water partition coefficient (Wildman–Crippen LogP) is 4.59. The summed E-state index contributed by atoms with van der Waals surface area (Å²) in [7, 11) is 0. The van der Waals surface area contributed by atoms with Crippen molar-refractivity contribution >= 4 is 22.2 Å². The maximum atomic E-state index is 13.2. The highest BCUT2D eigenvalue weighted by Gasteiger charge is 2.44. The van der Waals surface area contributed by atoms with Crippen LogP contribution in [0.4, 0.5) is 4.39 Å². The number of nitrogens with zero attached hydrogens (tertiary/aromatic N) is 2. The minimum absolute atomic E-state index is 0.00644. The Balaban J connectivity index is 1.27. The maximum Gasteiger partial charge on any atom is 0.226 e. The summed E-state index contributed by atoms with van der Waals surface area (Å²) in [6, 6.07) is 16.7. The standard InChI is InChI=1S/C23H20FN3OS/c24-18-8-6-17(7-9-18)23(10-11-23)15-25-21(28)12-19-14-29-22-26-20(13-27(19)22)16-4-2-1-3-5-16/h1-9,13-14H,10-12,15H2,(H,25,28). The zero-order valence-corrected chi connectivity index (χ0v) is 16.6. The Hall–Kier alpha value is -2.99. The van der Waals surface area contributed by atoms with E-state index in [0.29, 0.717) is 13.0 Å². The first-order valence-electron chi connectivity index (χ1n) is 9.67. The number of halogens is 1. The van der Waals surface area contributed by atoms with Gasteiger partial charge in [-0.1, -0.05) is 42.5 Å². The molecule has 1 aliphatic rings. The molecule has 29 heavy (non-hydrogen) atoms. The number of amides is 1. The second-order valence-electron chi connectivity index (χ2n) is 7.61. The van der Waals surface area contributed by atoms with E-state index in [1.165, 1.54) is 12.1 Å². The molecule has 0 unspecified atom stereocenters. The van der Waals surface area contributed by atoms with Gasteiger partial charge in [0, 0.05) is 34.8 Å². The van der Waals surface area contributed by atoms with Crippen molar-refractivity contribution in [2.24, 2.45) is 0 Å². The van der Waals surface area contributed by atoms with Gasteiger partial charge in [0.05, 0.1) is 12.1 Å². The van der Waals surface area contributed by atoms with Crippen LogP contribution in [0.1, 0.15) is 24.1 Å². The zero-order chi connectivity index (χ0) is 19.8. The predicted molar refractivity (Wildman–Crippen MR) is 113 cm³/mol. The minimum atomic E-state index is -0.231. The minimum Gasteiger partial charge on any atom is -0.355 e. The molecule has 2 aromatic heterocycles. The number of nitrogens with one attached hydrogen (secondary N) is 1. The summed E-state index contributed by atoms with van der Waals surface area (Å²) in [5.41, 5.74) is 3.96. The van der Waals surface area contributed by atoms with Crippen molar-refractivity contribution in [1.82, 2.24) is 14.7 Å². The molecule has 1 fully saturated rings. The van der Waals surface area contributed by atoms with E-state index in [2.05, 4.69) is 10.3 Å². The molecule has 0 aliphatic heterocycles. The average molecular weight is 405 g/mol. The topological polar surface area (TPSA) is 46.4 Å². The SMILES string of the molecule is O=C(Cc1csc2nc(-c3ccccc3)cn12)NCC1(c2ccc(F)cc2)CC1. The van der Waals surface area contributed by atoms with Crippen LogP contribution in [0.25, 0.3) is 16.2 Å². The van der Waals surface area contributed by atoms with Crippen LogP contribution in [0.2, 0.25) is 0 Å². The number of rotatable bonds is 6. The van der Waals surface area contributed by atoms with Gasteiger partial charge < -0.3 is 5.32 Å². The first kappa shape index (κ1) is 18.1. The quantitative estimate of drug-likeness (QED) is 0.510. The van der Waals surface area contributed by atoms with Crippen molar-refractivity contribution in [3.05, 3.63) is 83.2 Å². The summed E-state index contributed by atoms with van der Waals surface area (Å²) in [6.07, 6.45) is 4.34. The number of imidazole rings is 1. The van der Waals surface area contributed by atoms with Gasteiger partial charge in [-0.15, -0.1) is 11.3 Å². The first-order valence-corrected chi connectivity index (χ1v) is 10.5. The Kier molecular flexibility index (Phi) is 4.43. The Morgan fingerprint density at radius 1 is 1.14 bits per heavy atom. The molecule has 5 rings (SSSR count). The second kappa shape index (κ2) is 7.12. The third-order valence-corrected chi connectivity index (χ3v) is 6.52. The van der Waals surface area contributed by atoms with Gasteiger partial charge in [0.1, 0.15) is 5.82 Å². The molecular weight excluding hydrogens is 385 g/mol. The third kappa shape index (κ3) is 3.56. The summed E-state index contributed by atoms with van der Waals surface area (Å²) < 4.78 is 15.2. The largest absolute Gasteiger partial charge is 0.355 e. The molecular formula is C23H20FN3OS.